The molecule has 0 aliphatic heterocycles. The van der Waals surface area contributed by atoms with Crippen molar-refractivity contribution in [2.45, 2.75) is 12.8 Å². The lowest BCUT2D eigenvalue weighted by Crippen LogP contribution is -2.24. The molecule has 0 fully saturated rings. The predicted molar refractivity (Wildman–Crippen MR) is 87.4 cm³/mol. The van der Waals surface area contributed by atoms with E-state index in [1.54, 1.807) is 7.11 Å². The molecule has 1 heterocycles. The van der Waals surface area contributed by atoms with Gasteiger partial charge in [0.15, 0.2) is 0 Å². The minimum Gasteiger partial charge on any atom is -0.397 e. The Balaban J connectivity index is 2.07. The fraction of sp³-hybridized carbons (Fsp3) is 0.357. The highest BCUT2D eigenvalue weighted by Gasteiger charge is 2.17. The Hall–Kier alpha value is -1.11. The maximum absolute atomic E-state index is 12.2. The SMILES string of the molecule is COCCCCNC(=O)c1sc2cccc(Br)c2c1N. The summed E-state index contributed by atoms with van der Waals surface area (Å²) in [6.45, 7) is 1.35. The molecular weight excluding hydrogens is 340 g/mol. The zero-order valence-electron chi connectivity index (χ0n) is 11.2. The first-order valence-electron chi connectivity index (χ1n) is 6.38. The summed E-state index contributed by atoms with van der Waals surface area (Å²) in [5.74, 6) is -0.104. The van der Waals surface area contributed by atoms with Gasteiger partial charge in [-0.1, -0.05) is 22.0 Å². The van der Waals surface area contributed by atoms with Gasteiger partial charge < -0.3 is 15.8 Å². The first-order valence-corrected chi connectivity index (χ1v) is 7.99. The van der Waals surface area contributed by atoms with Crippen molar-refractivity contribution in [2.24, 2.45) is 0 Å². The molecule has 0 aliphatic rings. The van der Waals surface area contributed by atoms with E-state index in [0.717, 1.165) is 27.4 Å². The van der Waals surface area contributed by atoms with Gasteiger partial charge in [0, 0.05) is 34.8 Å². The van der Waals surface area contributed by atoms with Crippen molar-refractivity contribution < 1.29 is 9.53 Å². The van der Waals surface area contributed by atoms with Crippen molar-refractivity contribution in [1.82, 2.24) is 5.32 Å². The van der Waals surface area contributed by atoms with E-state index in [1.807, 2.05) is 18.2 Å². The summed E-state index contributed by atoms with van der Waals surface area (Å²) in [5.41, 5.74) is 6.64. The fourth-order valence-corrected chi connectivity index (χ4v) is 3.73. The van der Waals surface area contributed by atoms with E-state index in [2.05, 4.69) is 21.2 Å². The third kappa shape index (κ3) is 3.31. The molecule has 0 radical (unpaired) electrons. The Morgan fingerprint density at radius 3 is 2.95 bits per heavy atom. The van der Waals surface area contributed by atoms with Gasteiger partial charge in [-0.05, 0) is 25.0 Å². The number of benzene rings is 1. The van der Waals surface area contributed by atoms with Gasteiger partial charge in [0.05, 0.1) is 5.69 Å². The van der Waals surface area contributed by atoms with Crippen molar-refractivity contribution in [2.75, 3.05) is 26.0 Å². The number of nitrogens with one attached hydrogen (secondary N) is 1. The van der Waals surface area contributed by atoms with Gasteiger partial charge in [0.1, 0.15) is 4.88 Å². The first-order chi connectivity index (χ1) is 9.65. The van der Waals surface area contributed by atoms with Crippen LogP contribution in [0.5, 0.6) is 0 Å². The molecular formula is C14H17BrN2O2S. The lowest BCUT2D eigenvalue weighted by molar-refractivity contribution is 0.0956. The molecule has 108 valence electrons. The number of nitrogen functional groups attached to an aromatic ring is 1. The van der Waals surface area contributed by atoms with Crippen LogP contribution in [0.1, 0.15) is 22.5 Å². The number of carbonyl (C=O) groups excluding carboxylic acids is 1. The number of halogens is 1. The van der Waals surface area contributed by atoms with Gasteiger partial charge in [-0.3, -0.25) is 4.79 Å². The van der Waals surface area contributed by atoms with Crippen molar-refractivity contribution in [1.29, 1.82) is 0 Å². The lowest BCUT2D eigenvalue weighted by atomic mass is 10.2. The van der Waals surface area contributed by atoms with E-state index >= 15 is 0 Å². The van der Waals surface area contributed by atoms with E-state index in [-0.39, 0.29) is 5.91 Å². The van der Waals surface area contributed by atoms with Crippen LogP contribution in [0.2, 0.25) is 0 Å². The van der Waals surface area contributed by atoms with Crippen LogP contribution >= 0.6 is 27.3 Å². The summed E-state index contributed by atoms with van der Waals surface area (Å²) in [6, 6.07) is 5.84. The number of carbonyl (C=O) groups is 1. The number of amides is 1. The minimum absolute atomic E-state index is 0.104. The number of hydrogen-bond acceptors (Lipinski definition) is 4. The van der Waals surface area contributed by atoms with E-state index in [4.69, 9.17) is 10.5 Å². The van der Waals surface area contributed by atoms with Crippen molar-refractivity contribution in [3.8, 4) is 0 Å². The molecule has 0 spiro atoms. The molecule has 0 aliphatic carbocycles. The van der Waals surface area contributed by atoms with Gasteiger partial charge >= 0.3 is 0 Å². The van der Waals surface area contributed by atoms with E-state index in [9.17, 15) is 4.79 Å². The maximum atomic E-state index is 12.2. The monoisotopic (exact) mass is 356 g/mol. The molecule has 2 aromatic rings. The van der Waals surface area contributed by atoms with Crippen LogP contribution in [0.15, 0.2) is 22.7 Å². The molecule has 1 amide bonds. The first kappa shape index (κ1) is 15.3. The van der Waals surface area contributed by atoms with Gasteiger partial charge in [-0.25, -0.2) is 0 Å². The molecule has 0 bridgehead atoms. The predicted octanol–water partition coefficient (Wildman–Crippen LogP) is 3.40. The second-order valence-corrected chi connectivity index (χ2v) is 6.32. The Bertz CT molecular complexity index is 612. The molecule has 4 nitrogen and oxygen atoms in total. The third-order valence-electron chi connectivity index (χ3n) is 2.97. The number of hydrogen-bond donors (Lipinski definition) is 2. The van der Waals surface area contributed by atoms with Crippen LogP contribution in [-0.2, 0) is 4.74 Å². The summed E-state index contributed by atoms with van der Waals surface area (Å²) >= 11 is 4.90. The van der Waals surface area contributed by atoms with Crippen LogP contribution in [-0.4, -0.2) is 26.2 Å². The van der Waals surface area contributed by atoms with Crippen LogP contribution in [0, 0.1) is 0 Å². The summed E-state index contributed by atoms with van der Waals surface area (Å²) in [4.78, 5) is 12.7. The highest BCUT2D eigenvalue weighted by atomic mass is 79.9. The summed E-state index contributed by atoms with van der Waals surface area (Å²) in [6.07, 6.45) is 1.83. The highest BCUT2D eigenvalue weighted by Crippen LogP contribution is 2.37. The molecule has 1 aromatic heterocycles. The Morgan fingerprint density at radius 1 is 1.45 bits per heavy atom. The van der Waals surface area contributed by atoms with Crippen molar-refractivity contribution in [3.63, 3.8) is 0 Å². The second kappa shape index (κ2) is 7.06. The zero-order chi connectivity index (χ0) is 14.5. The molecule has 6 heteroatoms. The zero-order valence-corrected chi connectivity index (χ0v) is 13.6. The minimum atomic E-state index is -0.104. The third-order valence-corrected chi connectivity index (χ3v) is 4.80. The standard InChI is InChI=1S/C14H17BrN2O2S/c1-19-8-3-2-7-17-14(18)13-12(16)11-9(15)5-4-6-10(11)20-13/h4-6H,2-3,7-8,16H2,1H3,(H,17,18). The number of methoxy groups -OCH3 is 1. The van der Waals surface area contributed by atoms with Gasteiger partial charge in [-0.15, -0.1) is 11.3 Å². The van der Waals surface area contributed by atoms with Gasteiger partial charge in [0.2, 0.25) is 0 Å². The average molecular weight is 357 g/mol. The normalized spacial score (nSPS) is 10.9. The maximum Gasteiger partial charge on any atom is 0.263 e. The number of anilines is 1. The highest BCUT2D eigenvalue weighted by molar-refractivity contribution is 9.10. The van der Waals surface area contributed by atoms with E-state index in [1.165, 1.54) is 11.3 Å². The quantitative estimate of drug-likeness (QED) is 0.779. The van der Waals surface area contributed by atoms with Gasteiger partial charge in [0.25, 0.3) is 5.91 Å². The number of ether oxygens (including phenoxy) is 1. The molecule has 3 N–H and O–H groups in total. The Kier molecular flexibility index (Phi) is 5.39. The molecule has 0 unspecified atom stereocenters. The van der Waals surface area contributed by atoms with Crippen LogP contribution < -0.4 is 11.1 Å². The van der Waals surface area contributed by atoms with Crippen molar-refractivity contribution in [3.05, 3.63) is 27.5 Å². The summed E-state index contributed by atoms with van der Waals surface area (Å²) in [5, 5.41) is 3.82. The molecule has 2 rings (SSSR count). The molecule has 1 aromatic carbocycles. The van der Waals surface area contributed by atoms with Gasteiger partial charge in [-0.2, -0.15) is 0 Å². The number of fused-ring (bicyclic) bond motifs is 1. The molecule has 0 atom stereocenters. The van der Waals surface area contributed by atoms with Crippen molar-refractivity contribution >= 4 is 48.9 Å². The Morgan fingerprint density at radius 2 is 2.25 bits per heavy atom. The second-order valence-electron chi connectivity index (χ2n) is 4.41. The number of nitrogens with two attached hydrogens (primary N) is 1. The van der Waals surface area contributed by atoms with E-state index < -0.39 is 0 Å². The average Bonchev–Trinajstić information content (AvgIpc) is 2.77. The number of unbranched alkanes of at least 4 members (excludes halogenated alkanes) is 1. The smallest absolute Gasteiger partial charge is 0.263 e. The number of rotatable bonds is 6. The molecule has 20 heavy (non-hydrogen) atoms. The van der Waals surface area contributed by atoms with Crippen LogP contribution in [0.25, 0.3) is 10.1 Å². The van der Waals surface area contributed by atoms with Crippen LogP contribution in [0.4, 0.5) is 5.69 Å². The Labute approximate surface area is 130 Å². The lowest BCUT2D eigenvalue weighted by Gasteiger charge is -2.04. The van der Waals surface area contributed by atoms with Crippen LogP contribution in [0.3, 0.4) is 0 Å². The summed E-state index contributed by atoms with van der Waals surface area (Å²) in [7, 11) is 1.67. The molecule has 0 saturated heterocycles. The topological polar surface area (TPSA) is 64.3 Å². The fourth-order valence-electron chi connectivity index (χ4n) is 1.95. The largest absolute Gasteiger partial charge is 0.397 e. The summed E-state index contributed by atoms with van der Waals surface area (Å²) < 4.78 is 6.90. The number of thiophene rings is 1. The molecule has 0 saturated carbocycles. The van der Waals surface area contributed by atoms with E-state index in [0.29, 0.717) is 23.7 Å².